The second kappa shape index (κ2) is 7.05. The maximum absolute atomic E-state index is 11.5. The Morgan fingerprint density at radius 2 is 1.33 bits per heavy atom. The molecule has 0 radical (unpaired) electrons. The van der Waals surface area contributed by atoms with Crippen molar-refractivity contribution in [2.75, 3.05) is 6.54 Å². The molecule has 0 bridgehead atoms. The molecule has 24 heavy (non-hydrogen) atoms. The Balaban J connectivity index is 2.64. The first kappa shape index (κ1) is 18.0. The summed E-state index contributed by atoms with van der Waals surface area (Å²) in [6.45, 7) is 9.26. The lowest BCUT2D eigenvalue weighted by molar-refractivity contribution is -0.116. The number of aromatic hydroxyl groups is 2. The highest BCUT2D eigenvalue weighted by atomic mass is 16.3. The van der Waals surface area contributed by atoms with E-state index >= 15 is 0 Å². The summed E-state index contributed by atoms with van der Waals surface area (Å²) in [4.78, 5) is 11.5. The molecule has 4 nitrogen and oxygen atoms in total. The molecule has 0 atom stereocenters. The maximum Gasteiger partial charge on any atom is 0.143 e. The lowest BCUT2D eigenvalue weighted by Crippen LogP contribution is -2.27. The number of phenolic OH excluding ortho intramolecular Hbond substituents is 2. The summed E-state index contributed by atoms with van der Waals surface area (Å²) in [5, 5.41) is 24.3. The molecule has 0 amide bonds. The van der Waals surface area contributed by atoms with Gasteiger partial charge in [-0.1, -0.05) is 35.4 Å². The van der Waals surface area contributed by atoms with Gasteiger partial charge in [0.25, 0.3) is 0 Å². The Kier molecular flexibility index (Phi) is 5.30. The van der Waals surface area contributed by atoms with Crippen LogP contribution in [0, 0.1) is 27.7 Å². The molecule has 0 aromatic heterocycles. The highest BCUT2D eigenvalue weighted by Crippen LogP contribution is 2.38. The first-order valence-electron chi connectivity index (χ1n) is 8.03. The fourth-order valence-corrected chi connectivity index (χ4v) is 3.06. The molecule has 4 heteroatoms. The average molecular weight is 327 g/mol. The van der Waals surface area contributed by atoms with E-state index in [1.54, 1.807) is 0 Å². The van der Waals surface area contributed by atoms with Crippen molar-refractivity contribution in [2.45, 2.75) is 40.7 Å². The lowest BCUT2D eigenvalue weighted by Gasteiger charge is -2.23. The predicted molar refractivity (Wildman–Crippen MR) is 95.7 cm³/mol. The monoisotopic (exact) mass is 327 g/mol. The second-order valence-electron chi connectivity index (χ2n) is 6.56. The smallest absolute Gasteiger partial charge is 0.143 e. The average Bonchev–Trinajstić information content (AvgIpc) is 2.48. The summed E-state index contributed by atoms with van der Waals surface area (Å²) in [5.41, 5.74) is 4.88. The van der Waals surface area contributed by atoms with E-state index in [0.717, 1.165) is 22.3 Å². The number of hydrogen-bond acceptors (Lipinski definition) is 4. The lowest BCUT2D eigenvalue weighted by atomic mass is 9.91. The molecule has 0 fully saturated rings. The Hall–Kier alpha value is -2.33. The summed E-state index contributed by atoms with van der Waals surface area (Å²) in [6, 6.07) is 7.12. The van der Waals surface area contributed by atoms with Crippen LogP contribution in [-0.2, 0) is 4.79 Å². The Labute approximate surface area is 143 Å². The molecule has 0 aliphatic carbocycles. The first-order chi connectivity index (χ1) is 11.2. The van der Waals surface area contributed by atoms with Crippen molar-refractivity contribution in [3.8, 4) is 11.5 Å². The Bertz CT molecular complexity index is 723. The van der Waals surface area contributed by atoms with Crippen molar-refractivity contribution in [2.24, 2.45) is 0 Å². The van der Waals surface area contributed by atoms with Crippen LogP contribution in [0.4, 0.5) is 0 Å². The van der Waals surface area contributed by atoms with Gasteiger partial charge in [0, 0.05) is 11.1 Å². The second-order valence-corrected chi connectivity index (χ2v) is 6.56. The van der Waals surface area contributed by atoms with Gasteiger partial charge in [0.1, 0.15) is 17.3 Å². The fourth-order valence-electron chi connectivity index (χ4n) is 3.06. The minimum Gasteiger partial charge on any atom is -0.507 e. The third kappa shape index (κ3) is 3.77. The van der Waals surface area contributed by atoms with Gasteiger partial charge in [0.15, 0.2) is 0 Å². The van der Waals surface area contributed by atoms with Gasteiger partial charge in [-0.15, -0.1) is 0 Å². The quantitative estimate of drug-likeness (QED) is 0.785. The maximum atomic E-state index is 11.5. The summed E-state index contributed by atoms with van der Waals surface area (Å²) < 4.78 is 0. The zero-order valence-electron chi connectivity index (χ0n) is 14.9. The number of hydrogen-bond donors (Lipinski definition) is 3. The van der Waals surface area contributed by atoms with E-state index in [4.69, 9.17) is 0 Å². The molecule has 0 spiro atoms. The van der Waals surface area contributed by atoms with E-state index in [0.29, 0.717) is 11.1 Å². The van der Waals surface area contributed by atoms with Crippen LogP contribution < -0.4 is 5.32 Å². The van der Waals surface area contributed by atoms with Crippen molar-refractivity contribution < 1.29 is 15.0 Å². The predicted octanol–water partition coefficient (Wildman–Crippen LogP) is 3.60. The molecule has 2 rings (SSSR count). The highest BCUT2D eigenvalue weighted by Gasteiger charge is 2.23. The normalized spacial score (nSPS) is 11.1. The van der Waals surface area contributed by atoms with E-state index in [1.165, 1.54) is 6.92 Å². The minimum absolute atomic E-state index is 0.00673. The fraction of sp³-hybridized carbons (Fsp3) is 0.350. The Morgan fingerprint density at radius 3 is 1.71 bits per heavy atom. The number of phenols is 2. The van der Waals surface area contributed by atoms with Gasteiger partial charge >= 0.3 is 0 Å². The van der Waals surface area contributed by atoms with Gasteiger partial charge in [0.2, 0.25) is 0 Å². The van der Waals surface area contributed by atoms with Gasteiger partial charge in [0.05, 0.1) is 12.6 Å². The first-order valence-corrected chi connectivity index (χ1v) is 8.03. The molecule has 0 heterocycles. The number of ketones is 1. The standard InChI is InChI=1S/C20H25NO3/c1-11-6-13(3)19(23)16(8-11)18(21-10-15(5)22)17-9-12(2)7-14(4)20(17)24/h6-9,18,21,23-24H,10H2,1-5H3. The zero-order chi connectivity index (χ0) is 18.0. The molecule has 0 unspecified atom stereocenters. The van der Waals surface area contributed by atoms with Crippen molar-refractivity contribution in [3.05, 3.63) is 57.6 Å². The van der Waals surface area contributed by atoms with Crippen molar-refractivity contribution >= 4 is 5.78 Å². The topological polar surface area (TPSA) is 69.6 Å². The van der Waals surface area contributed by atoms with Crippen LogP contribution in [-0.4, -0.2) is 22.5 Å². The molecular formula is C20H25NO3. The molecule has 0 saturated heterocycles. The van der Waals surface area contributed by atoms with Crippen LogP contribution in [0.15, 0.2) is 24.3 Å². The number of carbonyl (C=O) groups is 1. The minimum atomic E-state index is -0.467. The van der Waals surface area contributed by atoms with E-state index in [9.17, 15) is 15.0 Å². The molecule has 3 N–H and O–H groups in total. The number of rotatable bonds is 5. The van der Waals surface area contributed by atoms with Gasteiger partial charge in [-0.05, 0) is 45.7 Å². The van der Waals surface area contributed by atoms with Crippen molar-refractivity contribution in [1.82, 2.24) is 5.32 Å². The van der Waals surface area contributed by atoms with E-state index in [-0.39, 0.29) is 23.8 Å². The van der Waals surface area contributed by atoms with Crippen molar-refractivity contribution in [3.63, 3.8) is 0 Å². The molecule has 2 aromatic rings. The van der Waals surface area contributed by atoms with Crippen LogP contribution in [0.25, 0.3) is 0 Å². The zero-order valence-corrected chi connectivity index (χ0v) is 14.9. The van der Waals surface area contributed by atoms with Crippen LogP contribution in [0.1, 0.15) is 46.3 Å². The summed E-state index contributed by atoms with van der Waals surface area (Å²) >= 11 is 0. The van der Waals surface area contributed by atoms with Gasteiger partial charge in [-0.2, -0.15) is 0 Å². The van der Waals surface area contributed by atoms with E-state index < -0.39 is 6.04 Å². The number of Topliss-reactive ketones (excluding diaryl/α,β-unsaturated/α-hetero) is 1. The van der Waals surface area contributed by atoms with Crippen LogP contribution in [0.5, 0.6) is 11.5 Å². The Morgan fingerprint density at radius 1 is 0.917 bits per heavy atom. The number of benzene rings is 2. The van der Waals surface area contributed by atoms with Gasteiger partial charge in [-0.25, -0.2) is 0 Å². The van der Waals surface area contributed by atoms with E-state index in [2.05, 4.69) is 5.32 Å². The van der Waals surface area contributed by atoms with E-state index in [1.807, 2.05) is 52.0 Å². The largest absolute Gasteiger partial charge is 0.507 e. The number of aryl methyl sites for hydroxylation is 4. The van der Waals surface area contributed by atoms with Crippen LogP contribution in [0.3, 0.4) is 0 Å². The van der Waals surface area contributed by atoms with Crippen LogP contribution >= 0.6 is 0 Å². The highest BCUT2D eigenvalue weighted by molar-refractivity contribution is 5.77. The number of nitrogens with one attached hydrogen (secondary N) is 1. The summed E-state index contributed by atoms with van der Waals surface area (Å²) in [7, 11) is 0. The van der Waals surface area contributed by atoms with Gasteiger partial charge in [-0.3, -0.25) is 10.1 Å². The molecular weight excluding hydrogens is 302 g/mol. The third-order valence-electron chi connectivity index (χ3n) is 4.13. The molecule has 0 saturated carbocycles. The summed E-state index contributed by atoms with van der Waals surface area (Å²) in [5.74, 6) is 0.355. The SMILES string of the molecule is CC(=O)CNC(c1cc(C)cc(C)c1O)c1cc(C)cc(C)c1O. The van der Waals surface area contributed by atoms with Gasteiger partial charge < -0.3 is 10.2 Å². The van der Waals surface area contributed by atoms with Crippen LogP contribution in [0.2, 0.25) is 0 Å². The third-order valence-corrected chi connectivity index (χ3v) is 4.13. The molecule has 0 aliphatic heterocycles. The van der Waals surface area contributed by atoms with Crippen molar-refractivity contribution in [1.29, 1.82) is 0 Å². The molecule has 2 aromatic carbocycles. The molecule has 128 valence electrons. The molecule has 0 aliphatic rings. The number of carbonyl (C=O) groups excluding carboxylic acids is 1. The summed E-state index contributed by atoms with van der Waals surface area (Å²) in [6.07, 6.45) is 0.